The highest BCUT2D eigenvalue weighted by Crippen LogP contribution is 2.26. The summed E-state index contributed by atoms with van der Waals surface area (Å²) in [6, 6.07) is 26.5. The first-order chi connectivity index (χ1) is 15.7. The molecule has 1 amide bonds. The summed E-state index contributed by atoms with van der Waals surface area (Å²) in [6.07, 6.45) is 1.90. The van der Waals surface area contributed by atoms with E-state index in [1.54, 1.807) is 0 Å². The summed E-state index contributed by atoms with van der Waals surface area (Å²) in [5, 5.41) is 2.99. The lowest BCUT2D eigenvalue weighted by molar-refractivity contribution is -0.113. The minimum absolute atomic E-state index is 0.123. The molecule has 5 heteroatoms. The van der Waals surface area contributed by atoms with Crippen LogP contribution in [0, 0.1) is 0 Å². The van der Waals surface area contributed by atoms with Crippen molar-refractivity contribution in [2.45, 2.75) is 6.54 Å². The number of carbonyl (C=O) groups is 1. The average Bonchev–Trinajstić information content (AvgIpc) is 2.85. The van der Waals surface area contributed by atoms with E-state index in [4.69, 9.17) is 4.74 Å². The number of ether oxygens (including phenoxy) is 1. The summed E-state index contributed by atoms with van der Waals surface area (Å²) >= 11 is 0. The Morgan fingerprint density at radius 3 is 2.34 bits per heavy atom. The number of anilines is 2. The number of para-hydroxylation sites is 1. The highest BCUT2D eigenvalue weighted by atomic mass is 16.5. The van der Waals surface area contributed by atoms with Crippen LogP contribution < -0.4 is 15.0 Å². The first kappa shape index (κ1) is 20.3. The van der Waals surface area contributed by atoms with Crippen LogP contribution in [0.1, 0.15) is 11.1 Å². The Morgan fingerprint density at radius 1 is 0.844 bits per heavy atom. The molecule has 2 aliphatic heterocycles. The van der Waals surface area contributed by atoms with E-state index >= 15 is 0 Å². The molecular weight excluding hydrogens is 398 g/mol. The zero-order valence-electron chi connectivity index (χ0n) is 18.0. The number of benzene rings is 3. The van der Waals surface area contributed by atoms with Crippen LogP contribution in [0.25, 0.3) is 6.08 Å². The molecule has 2 heterocycles. The average molecular weight is 426 g/mol. The van der Waals surface area contributed by atoms with E-state index in [2.05, 4.69) is 57.6 Å². The summed E-state index contributed by atoms with van der Waals surface area (Å²) in [5.74, 6) is 0.694. The molecule has 0 unspecified atom stereocenters. The quantitative estimate of drug-likeness (QED) is 0.657. The van der Waals surface area contributed by atoms with Crippen molar-refractivity contribution in [1.82, 2.24) is 4.90 Å². The Labute approximate surface area is 188 Å². The van der Waals surface area contributed by atoms with Gasteiger partial charge in [-0.05, 0) is 42.0 Å². The van der Waals surface area contributed by atoms with Gasteiger partial charge in [0.2, 0.25) is 0 Å². The second kappa shape index (κ2) is 9.28. The fourth-order valence-corrected chi connectivity index (χ4v) is 4.22. The molecule has 162 valence electrons. The Balaban J connectivity index is 1.16. The molecule has 1 fully saturated rings. The number of hydrogen-bond acceptors (Lipinski definition) is 4. The summed E-state index contributed by atoms with van der Waals surface area (Å²) in [6.45, 7) is 5.38. The minimum Gasteiger partial charge on any atom is -0.488 e. The summed E-state index contributed by atoms with van der Waals surface area (Å²) in [4.78, 5) is 17.6. The number of rotatable bonds is 5. The number of fused-ring (bicyclic) bond motifs is 1. The van der Waals surface area contributed by atoms with Gasteiger partial charge in [-0.15, -0.1) is 0 Å². The molecule has 0 radical (unpaired) electrons. The van der Waals surface area contributed by atoms with Gasteiger partial charge in [0.15, 0.2) is 0 Å². The Bertz CT molecular complexity index is 1100. The maximum absolute atomic E-state index is 12.7. The molecule has 0 aliphatic carbocycles. The first-order valence-electron chi connectivity index (χ1n) is 11.1. The molecule has 2 aliphatic rings. The van der Waals surface area contributed by atoms with Crippen LogP contribution in [0.2, 0.25) is 0 Å². The van der Waals surface area contributed by atoms with E-state index in [0.29, 0.717) is 5.57 Å². The van der Waals surface area contributed by atoms with E-state index in [1.807, 2.05) is 42.5 Å². The van der Waals surface area contributed by atoms with Crippen LogP contribution in [-0.4, -0.2) is 43.6 Å². The van der Waals surface area contributed by atoms with Crippen LogP contribution in [0.15, 0.2) is 84.4 Å². The van der Waals surface area contributed by atoms with Crippen LogP contribution in [0.4, 0.5) is 11.4 Å². The standard InChI is InChI=1S/C27H27N3O2/c31-27(23-18-22-8-4-5-9-26(22)32-20-23)28-24-10-12-25(13-11-24)30-16-14-29(15-17-30)19-21-6-2-1-3-7-21/h1-13,18H,14-17,19-20H2,(H,28,31). The fraction of sp³-hybridized carbons (Fsp3) is 0.222. The van der Waals surface area contributed by atoms with Gasteiger partial charge >= 0.3 is 0 Å². The monoisotopic (exact) mass is 425 g/mol. The number of hydrogen-bond donors (Lipinski definition) is 1. The largest absolute Gasteiger partial charge is 0.488 e. The maximum atomic E-state index is 12.7. The van der Waals surface area contributed by atoms with Crippen molar-refractivity contribution in [2.75, 3.05) is 43.0 Å². The third-order valence-electron chi connectivity index (χ3n) is 6.04. The fourth-order valence-electron chi connectivity index (χ4n) is 4.22. The molecule has 32 heavy (non-hydrogen) atoms. The number of amides is 1. The smallest absolute Gasteiger partial charge is 0.255 e. The van der Waals surface area contributed by atoms with E-state index in [-0.39, 0.29) is 12.5 Å². The van der Waals surface area contributed by atoms with Crippen molar-refractivity contribution in [3.05, 3.63) is 95.6 Å². The molecule has 1 saturated heterocycles. The molecule has 0 bridgehead atoms. The molecule has 0 spiro atoms. The molecule has 1 N–H and O–H groups in total. The normalized spacial score (nSPS) is 16.0. The third-order valence-corrected chi connectivity index (χ3v) is 6.04. The molecule has 0 atom stereocenters. The van der Waals surface area contributed by atoms with Gasteiger partial charge in [-0.2, -0.15) is 0 Å². The lowest BCUT2D eigenvalue weighted by Gasteiger charge is -2.36. The van der Waals surface area contributed by atoms with Gasteiger partial charge < -0.3 is 15.0 Å². The molecule has 3 aromatic carbocycles. The molecule has 5 rings (SSSR count). The number of nitrogens with one attached hydrogen (secondary N) is 1. The lowest BCUT2D eigenvalue weighted by atomic mass is 10.1. The SMILES string of the molecule is O=C(Nc1ccc(N2CCN(Cc3ccccc3)CC2)cc1)C1=Cc2ccccc2OC1. The van der Waals surface area contributed by atoms with E-state index in [1.165, 1.54) is 11.3 Å². The van der Waals surface area contributed by atoms with Gasteiger partial charge in [0, 0.05) is 49.7 Å². The summed E-state index contributed by atoms with van der Waals surface area (Å²) in [5.41, 5.74) is 4.91. The molecule has 5 nitrogen and oxygen atoms in total. The van der Waals surface area contributed by atoms with E-state index < -0.39 is 0 Å². The van der Waals surface area contributed by atoms with Gasteiger partial charge in [0.05, 0.1) is 5.57 Å². The van der Waals surface area contributed by atoms with Crippen molar-refractivity contribution < 1.29 is 9.53 Å². The predicted molar refractivity (Wildman–Crippen MR) is 129 cm³/mol. The van der Waals surface area contributed by atoms with Crippen molar-refractivity contribution in [2.24, 2.45) is 0 Å². The topological polar surface area (TPSA) is 44.8 Å². The zero-order chi connectivity index (χ0) is 21.8. The van der Waals surface area contributed by atoms with Crippen LogP contribution >= 0.6 is 0 Å². The van der Waals surface area contributed by atoms with Crippen LogP contribution in [0.3, 0.4) is 0 Å². The van der Waals surface area contributed by atoms with Gasteiger partial charge in [-0.1, -0.05) is 48.5 Å². The Kier molecular flexibility index (Phi) is 5.90. The first-order valence-corrected chi connectivity index (χ1v) is 11.1. The third kappa shape index (κ3) is 4.68. The Morgan fingerprint density at radius 2 is 1.56 bits per heavy atom. The van der Waals surface area contributed by atoms with E-state index in [9.17, 15) is 4.79 Å². The maximum Gasteiger partial charge on any atom is 0.255 e. The zero-order valence-corrected chi connectivity index (χ0v) is 18.0. The van der Waals surface area contributed by atoms with Crippen LogP contribution in [0.5, 0.6) is 5.75 Å². The molecule has 0 saturated carbocycles. The van der Waals surface area contributed by atoms with Gasteiger partial charge in [0.25, 0.3) is 5.91 Å². The van der Waals surface area contributed by atoms with Crippen LogP contribution in [-0.2, 0) is 11.3 Å². The predicted octanol–water partition coefficient (Wildman–Crippen LogP) is 4.42. The Hall–Kier alpha value is -3.57. The van der Waals surface area contributed by atoms with Gasteiger partial charge in [0.1, 0.15) is 12.4 Å². The van der Waals surface area contributed by atoms with Crippen molar-refractivity contribution in [3.8, 4) is 5.75 Å². The van der Waals surface area contributed by atoms with Gasteiger partial charge in [-0.25, -0.2) is 0 Å². The van der Waals surface area contributed by atoms with E-state index in [0.717, 1.165) is 49.7 Å². The summed E-state index contributed by atoms with van der Waals surface area (Å²) < 4.78 is 5.70. The van der Waals surface area contributed by atoms with Crippen molar-refractivity contribution in [3.63, 3.8) is 0 Å². The minimum atomic E-state index is -0.123. The molecule has 3 aromatic rings. The van der Waals surface area contributed by atoms with Crippen molar-refractivity contribution in [1.29, 1.82) is 0 Å². The molecular formula is C27H27N3O2. The number of nitrogens with zero attached hydrogens (tertiary/aromatic N) is 2. The lowest BCUT2D eigenvalue weighted by Crippen LogP contribution is -2.45. The number of piperazine rings is 1. The highest BCUT2D eigenvalue weighted by Gasteiger charge is 2.19. The second-order valence-corrected chi connectivity index (χ2v) is 8.25. The molecule has 0 aromatic heterocycles. The second-order valence-electron chi connectivity index (χ2n) is 8.25. The highest BCUT2D eigenvalue weighted by molar-refractivity contribution is 6.07. The van der Waals surface area contributed by atoms with Gasteiger partial charge in [-0.3, -0.25) is 9.69 Å². The number of carbonyl (C=O) groups excluding carboxylic acids is 1. The summed E-state index contributed by atoms with van der Waals surface area (Å²) in [7, 11) is 0. The van der Waals surface area contributed by atoms with Crippen molar-refractivity contribution >= 4 is 23.4 Å².